The first-order valence-electron chi connectivity index (χ1n) is 9.19. The van der Waals surface area contributed by atoms with Crippen molar-refractivity contribution in [3.63, 3.8) is 0 Å². The van der Waals surface area contributed by atoms with Gasteiger partial charge in [0.2, 0.25) is 5.91 Å². The predicted molar refractivity (Wildman–Crippen MR) is 105 cm³/mol. The van der Waals surface area contributed by atoms with Gasteiger partial charge in [0.25, 0.3) is 5.91 Å². The molecule has 0 atom stereocenters. The molecule has 0 aliphatic carbocycles. The zero-order valence-corrected chi connectivity index (χ0v) is 17.0. The lowest BCUT2D eigenvalue weighted by atomic mass is 10.1. The van der Waals surface area contributed by atoms with Gasteiger partial charge in [0.05, 0.1) is 22.1 Å². The van der Waals surface area contributed by atoms with Gasteiger partial charge in [-0.25, -0.2) is 4.68 Å². The molecule has 1 aromatic heterocycles. The van der Waals surface area contributed by atoms with Crippen molar-refractivity contribution < 1.29 is 9.59 Å². The second-order valence-corrected chi connectivity index (χ2v) is 7.59. The van der Waals surface area contributed by atoms with E-state index in [1.807, 2.05) is 56.9 Å². The Bertz CT molecular complexity index is 850. The first-order valence-corrected chi connectivity index (χ1v) is 9.57. The number of halogens is 1. The fourth-order valence-electron chi connectivity index (χ4n) is 3.30. The van der Waals surface area contributed by atoms with Crippen LogP contribution in [0.1, 0.15) is 35.6 Å². The van der Waals surface area contributed by atoms with Gasteiger partial charge >= 0.3 is 0 Å². The summed E-state index contributed by atoms with van der Waals surface area (Å²) in [5.41, 5.74) is 3.16. The standard InChI is InChI=1S/C20H25ClN4O2/c1-13(2)19(26)23-9-11-24(12-10-23)20(27)16-5-7-17(8-6-16)25-15(4)18(21)14(3)22-25/h5-8,13H,9-12H2,1-4H3. The number of amides is 2. The summed E-state index contributed by atoms with van der Waals surface area (Å²) in [6.07, 6.45) is 0. The van der Waals surface area contributed by atoms with Gasteiger partial charge in [-0.1, -0.05) is 25.4 Å². The van der Waals surface area contributed by atoms with Gasteiger partial charge in [0.1, 0.15) is 0 Å². The zero-order chi connectivity index (χ0) is 19.7. The van der Waals surface area contributed by atoms with E-state index in [1.54, 1.807) is 9.58 Å². The van der Waals surface area contributed by atoms with Gasteiger partial charge in [-0.05, 0) is 38.1 Å². The number of benzene rings is 1. The van der Waals surface area contributed by atoms with E-state index in [1.165, 1.54) is 0 Å². The average Bonchev–Trinajstić information content (AvgIpc) is 2.94. The molecular formula is C20H25ClN4O2. The van der Waals surface area contributed by atoms with Gasteiger partial charge in [0.15, 0.2) is 0 Å². The smallest absolute Gasteiger partial charge is 0.253 e. The summed E-state index contributed by atoms with van der Waals surface area (Å²) in [6, 6.07) is 7.38. The Morgan fingerprint density at radius 1 is 1.00 bits per heavy atom. The molecule has 0 saturated carbocycles. The Balaban J connectivity index is 1.68. The predicted octanol–water partition coefficient (Wildman–Crippen LogP) is 3.08. The van der Waals surface area contributed by atoms with Crippen LogP contribution in [0, 0.1) is 19.8 Å². The topological polar surface area (TPSA) is 58.4 Å². The first kappa shape index (κ1) is 19.4. The van der Waals surface area contributed by atoms with Crippen LogP contribution in [0.5, 0.6) is 0 Å². The highest BCUT2D eigenvalue weighted by Crippen LogP contribution is 2.22. The Labute approximate surface area is 164 Å². The molecule has 1 aromatic carbocycles. The molecule has 1 fully saturated rings. The monoisotopic (exact) mass is 388 g/mol. The number of carbonyl (C=O) groups excluding carboxylic acids is 2. The number of hydrogen-bond acceptors (Lipinski definition) is 3. The van der Waals surface area contributed by atoms with E-state index in [2.05, 4.69) is 5.10 Å². The molecule has 1 aliphatic heterocycles. The van der Waals surface area contributed by atoms with E-state index in [0.29, 0.717) is 36.8 Å². The minimum Gasteiger partial charge on any atom is -0.339 e. The van der Waals surface area contributed by atoms with Gasteiger partial charge in [0, 0.05) is 37.7 Å². The molecule has 7 heteroatoms. The normalized spacial score (nSPS) is 14.7. The molecule has 0 bridgehead atoms. The van der Waals surface area contributed by atoms with Crippen LogP contribution in [-0.4, -0.2) is 57.6 Å². The SMILES string of the molecule is Cc1nn(-c2ccc(C(=O)N3CCN(C(=O)C(C)C)CC3)cc2)c(C)c1Cl. The van der Waals surface area contributed by atoms with Crippen LogP contribution in [0.2, 0.25) is 5.02 Å². The van der Waals surface area contributed by atoms with Crippen molar-refractivity contribution in [2.24, 2.45) is 5.92 Å². The van der Waals surface area contributed by atoms with Crippen LogP contribution in [-0.2, 0) is 4.79 Å². The largest absolute Gasteiger partial charge is 0.339 e. The molecule has 1 aliphatic rings. The molecule has 0 spiro atoms. The Morgan fingerprint density at radius 3 is 2.04 bits per heavy atom. The second kappa shape index (κ2) is 7.72. The molecule has 2 amide bonds. The van der Waals surface area contributed by atoms with Crippen LogP contribution >= 0.6 is 11.6 Å². The molecule has 2 heterocycles. The van der Waals surface area contributed by atoms with Crippen molar-refractivity contribution in [2.75, 3.05) is 26.2 Å². The van der Waals surface area contributed by atoms with Crippen molar-refractivity contribution in [1.82, 2.24) is 19.6 Å². The lowest BCUT2D eigenvalue weighted by molar-refractivity contribution is -0.135. The number of piperazine rings is 1. The molecule has 1 saturated heterocycles. The summed E-state index contributed by atoms with van der Waals surface area (Å²) in [5, 5.41) is 5.09. The Morgan fingerprint density at radius 2 is 1.56 bits per heavy atom. The van der Waals surface area contributed by atoms with E-state index < -0.39 is 0 Å². The Kier molecular flexibility index (Phi) is 5.56. The van der Waals surface area contributed by atoms with Crippen molar-refractivity contribution in [3.05, 3.63) is 46.2 Å². The molecule has 144 valence electrons. The van der Waals surface area contributed by atoms with Crippen LogP contribution in [0.4, 0.5) is 0 Å². The van der Waals surface area contributed by atoms with E-state index in [4.69, 9.17) is 11.6 Å². The number of aryl methyl sites for hydroxylation is 1. The van der Waals surface area contributed by atoms with E-state index in [9.17, 15) is 9.59 Å². The van der Waals surface area contributed by atoms with Crippen molar-refractivity contribution >= 4 is 23.4 Å². The minimum absolute atomic E-state index is 0.00963. The van der Waals surface area contributed by atoms with Crippen LogP contribution in [0.15, 0.2) is 24.3 Å². The summed E-state index contributed by atoms with van der Waals surface area (Å²) in [7, 11) is 0. The first-order chi connectivity index (χ1) is 12.8. The highest BCUT2D eigenvalue weighted by atomic mass is 35.5. The highest BCUT2D eigenvalue weighted by molar-refractivity contribution is 6.31. The maximum Gasteiger partial charge on any atom is 0.253 e. The van der Waals surface area contributed by atoms with Gasteiger partial charge in [-0.3, -0.25) is 9.59 Å². The molecule has 6 nitrogen and oxygen atoms in total. The van der Waals surface area contributed by atoms with Crippen molar-refractivity contribution in [1.29, 1.82) is 0 Å². The van der Waals surface area contributed by atoms with Gasteiger partial charge < -0.3 is 9.80 Å². The van der Waals surface area contributed by atoms with Crippen LogP contribution in [0.3, 0.4) is 0 Å². The minimum atomic E-state index is -0.0114. The lowest BCUT2D eigenvalue weighted by Crippen LogP contribution is -2.51. The summed E-state index contributed by atoms with van der Waals surface area (Å²) >= 11 is 6.21. The lowest BCUT2D eigenvalue weighted by Gasteiger charge is -2.35. The Hall–Kier alpha value is -2.34. The number of rotatable bonds is 3. The van der Waals surface area contributed by atoms with E-state index in [-0.39, 0.29) is 17.7 Å². The maximum absolute atomic E-state index is 12.8. The third kappa shape index (κ3) is 3.86. The molecule has 0 radical (unpaired) electrons. The summed E-state index contributed by atoms with van der Waals surface area (Å²) in [4.78, 5) is 28.5. The summed E-state index contributed by atoms with van der Waals surface area (Å²) in [6.45, 7) is 9.88. The van der Waals surface area contributed by atoms with Gasteiger partial charge in [-0.2, -0.15) is 5.10 Å². The molecular weight excluding hydrogens is 364 g/mol. The van der Waals surface area contributed by atoms with Crippen LogP contribution < -0.4 is 0 Å². The zero-order valence-electron chi connectivity index (χ0n) is 16.2. The summed E-state index contributed by atoms with van der Waals surface area (Å²) < 4.78 is 1.78. The number of carbonyl (C=O) groups is 2. The molecule has 2 aromatic rings. The van der Waals surface area contributed by atoms with Gasteiger partial charge in [-0.15, -0.1) is 0 Å². The molecule has 27 heavy (non-hydrogen) atoms. The summed E-state index contributed by atoms with van der Waals surface area (Å²) in [5.74, 6) is 0.127. The second-order valence-electron chi connectivity index (χ2n) is 7.22. The number of hydrogen-bond donors (Lipinski definition) is 0. The highest BCUT2D eigenvalue weighted by Gasteiger charge is 2.26. The van der Waals surface area contributed by atoms with Crippen molar-refractivity contribution in [2.45, 2.75) is 27.7 Å². The van der Waals surface area contributed by atoms with Crippen LogP contribution in [0.25, 0.3) is 5.69 Å². The third-order valence-electron chi connectivity index (χ3n) is 4.93. The van der Waals surface area contributed by atoms with E-state index >= 15 is 0 Å². The fraction of sp³-hybridized carbons (Fsp3) is 0.450. The maximum atomic E-state index is 12.8. The number of aromatic nitrogens is 2. The molecule has 0 unspecified atom stereocenters. The fourth-order valence-corrected chi connectivity index (χ4v) is 3.42. The number of nitrogens with zero attached hydrogens (tertiary/aromatic N) is 4. The third-order valence-corrected chi connectivity index (χ3v) is 5.48. The molecule has 0 N–H and O–H groups in total. The van der Waals surface area contributed by atoms with Crippen molar-refractivity contribution in [3.8, 4) is 5.69 Å². The molecule has 3 rings (SSSR count). The quantitative estimate of drug-likeness (QED) is 0.811. The average molecular weight is 389 g/mol. The van der Waals surface area contributed by atoms with E-state index in [0.717, 1.165) is 17.1 Å².